The summed E-state index contributed by atoms with van der Waals surface area (Å²) >= 11 is 0. The minimum absolute atomic E-state index is 0.111. The molecule has 116 valence electrons. The van der Waals surface area contributed by atoms with Crippen LogP contribution in [0.25, 0.3) is 0 Å². The Bertz CT molecular complexity index is 483. The van der Waals surface area contributed by atoms with E-state index < -0.39 is 6.16 Å². The van der Waals surface area contributed by atoms with Crippen molar-refractivity contribution in [3.05, 3.63) is 23.8 Å². The van der Waals surface area contributed by atoms with Gasteiger partial charge in [-0.05, 0) is 55.8 Å². The average molecular weight is 295 g/mol. The number of phenols is 2. The number of rotatable bonds is 5. The monoisotopic (exact) mass is 295 g/mol. The number of hydrogen-bond acceptors (Lipinski definition) is 5. The van der Waals surface area contributed by atoms with Crippen LogP contribution in [0, 0.1) is 5.92 Å². The predicted octanol–water partition coefficient (Wildman–Crippen LogP) is 2.44. The minimum Gasteiger partial charge on any atom is -0.504 e. The fraction of sp³-hybridized carbons (Fsp3) is 0.533. The first-order valence-corrected chi connectivity index (χ1v) is 7.15. The number of hydrogen-bond donors (Lipinski definition) is 4. The van der Waals surface area contributed by atoms with Gasteiger partial charge in [0.25, 0.3) is 0 Å². The molecule has 0 aromatic heterocycles. The van der Waals surface area contributed by atoms with Crippen molar-refractivity contribution in [3.63, 3.8) is 0 Å². The second kappa shape index (κ2) is 7.17. The van der Waals surface area contributed by atoms with E-state index in [1.54, 1.807) is 12.1 Å². The highest BCUT2D eigenvalue weighted by atomic mass is 16.7. The van der Waals surface area contributed by atoms with Crippen LogP contribution >= 0.6 is 0 Å². The van der Waals surface area contributed by atoms with E-state index in [1.807, 2.05) is 0 Å². The minimum atomic E-state index is -1.19. The molecule has 2 rings (SSSR count). The van der Waals surface area contributed by atoms with Crippen LogP contribution in [0.15, 0.2) is 18.2 Å². The van der Waals surface area contributed by atoms with Crippen molar-refractivity contribution >= 4 is 6.16 Å². The molecule has 1 saturated carbocycles. The van der Waals surface area contributed by atoms with Gasteiger partial charge in [-0.25, -0.2) is 4.79 Å². The number of nitrogens with one attached hydrogen (secondary N) is 1. The summed E-state index contributed by atoms with van der Waals surface area (Å²) < 4.78 is 4.78. The molecule has 0 unspecified atom stereocenters. The summed E-state index contributed by atoms with van der Waals surface area (Å²) in [6.45, 7) is 1.47. The summed E-state index contributed by atoms with van der Waals surface area (Å²) in [5, 5.41) is 30.5. The molecule has 1 aromatic rings. The van der Waals surface area contributed by atoms with Crippen molar-refractivity contribution < 1.29 is 24.9 Å². The Labute approximate surface area is 123 Å². The highest BCUT2D eigenvalue weighted by molar-refractivity contribution is 5.57. The summed E-state index contributed by atoms with van der Waals surface area (Å²) in [7, 11) is 0. The number of aromatic hydroxyl groups is 2. The normalized spacial score (nSPS) is 21.9. The molecule has 6 heteroatoms. The lowest BCUT2D eigenvalue weighted by Gasteiger charge is -2.27. The van der Waals surface area contributed by atoms with E-state index in [-0.39, 0.29) is 17.6 Å². The van der Waals surface area contributed by atoms with Crippen LogP contribution in [0.1, 0.15) is 31.2 Å². The summed E-state index contributed by atoms with van der Waals surface area (Å²) in [5.41, 5.74) is 0.910. The molecule has 0 aliphatic heterocycles. The smallest absolute Gasteiger partial charge is 0.504 e. The van der Waals surface area contributed by atoms with Crippen LogP contribution in [0.4, 0.5) is 4.79 Å². The summed E-state index contributed by atoms with van der Waals surface area (Å²) in [6, 6.07) is 4.78. The van der Waals surface area contributed by atoms with Gasteiger partial charge in [-0.1, -0.05) is 6.07 Å². The molecule has 0 spiro atoms. The number of benzene rings is 1. The Hall–Kier alpha value is -1.95. The quantitative estimate of drug-likeness (QED) is 0.492. The van der Waals surface area contributed by atoms with Crippen molar-refractivity contribution in [2.24, 2.45) is 5.92 Å². The summed E-state index contributed by atoms with van der Waals surface area (Å²) in [6.07, 6.45) is 2.10. The fourth-order valence-electron chi connectivity index (χ4n) is 2.70. The van der Waals surface area contributed by atoms with Crippen molar-refractivity contribution in [2.75, 3.05) is 6.54 Å². The standard InChI is InChI=1S/C15H21NO5/c17-13-6-3-11(7-14(13)18)9-16-8-10-1-4-12(5-2-10)21-15(19)20/h3,6-7,10,12,16-18H,1-2,4-5,8-9H2,(H,19,20). The lowest BCUT2D eigenvalue weighted by atomic mass is 9.87. The van der Waals surface area contributed by atoms with Crippen LogP contribution < -0.4 is 5.32 Å². The van der Waals surface area contributed by atoms with Gasteiger partial charge in [0.05, 0.1) is 0 Å². The Balaban J connectivity index is 1.68. The Morgan fingerprint density at radius 1 is 1.19 bits per heavy atom. The maximum absolute atomic E-state index is 10.5. The van der Waals surface area contributed by atoms with Crippen molar-refractivity contribution in [3.8, 4) is 11.5 Å². The number of carboxylic acid groups (broad SMARTS) is 1. The third kappa shape index (κ3) is 4.82. The zero-order chi connectivity index (χ0) is 15.2. The van der Waals surface area contributed by atoms with Gasteiger partial charge < -0.3 is 25.4 Å². The van der Waals surface area contributed by atoms with Gasteiger partial charge in [-0.3, -0.25) is 0 Å². The van der Waals surface area contributed by atoms with Crippen molar-refractivity contribution in [1.82, 2.24) is 5.32 Å². The second-order valence-electron chi connectivity index (χ2n) is 5.48. The fourth-order valence-corrected chi connectivity index (χ4v) is 2.70. The van der Waals surface area contributed by atoms with E-state index in [1.165, 1.54) is 6.07 Å². The van der Waals surface area contributed by atoms with Gasteiger partial charge in [0.15, 0.2) is 11.5 Å². The number of carbonyl (C=O) groups is 1. The zero-order valence-corrected chi connectivity index (χ0v) is 11.8. The van der Waals surface area contributed by atoms with E-state index in [4.69, 9.17) is 9.84 Å². The lowest BCUT2D eigenvalue weighted by molar-refractivity contribution is 0.0284. The van der Waals surface area contributed by atoms with Gasteiger partial charge >= 0.3 is 6.16 Å². The molecular formula is C15H21NO5. The van der Waals surface area contributed by atoms with Gasteiger partial charge in [0.2, 0.25) is 0 Å². The molecule has 0 bridgehead atoms. The van der Waals surface area contributed by atoms with Crippen LogP contribution in [-0.4, -0.2) is 34.1 Å². The van der Waals surface area contributed by atoms with Gasteiger partial charge in [-0.15, -0.1) is 0 Å². The number of ether oxygens (including phenoxy) is 1. The molecule has 4 N–H and O–H groups in total. The Kier molecular flexibility index (Phi) is 5.27. The molecule has 1 aliphatic rings. The lowest BCUT2D eigenvalue weighted by Crippen LogP contribution is -2.29. The third-order valence-electron chi connectivity index (χ3n) is 3.86. The molecular weight excluding hydrogens is 274 g/mol. The van der Waals surface area contributed by atoms with E-state index in [2.05, 4.69) is 5.32 Å². The topological polar surface area (TPSA) is 99.0 Å². The maximum Gasteiger partial charge on any atom is 0.506 e. The second-order valence-corrected chi connectivity index (χ2v) is 5.48. The highest BCUT2D eigenvalue weighted by Gasteiger charge is 2.23. The summed E-state index contributed by atoms with van der Waals surface area (Å²) in [4.78, 5) is 10.5. The molecule has 0 saturated heterocycles. The molecule has 1 aromatic carbocycles. The molecule has 0 atom stereocenters. The van der Waals surface area contributed by atoms with E-state index in [9.17, 15) is 15.0 Å². The molecule has 21 heavy (non-hydrogen) atoms. The largest absolute Gasteiger partial charge is 0.506 e. The molecule has 1 fully saturated rings. The highest BCUT2D eigenvalue weighted by Crippen LogP contribution is 2.27. The Morgan fingerprint density at radius 3 is 2.52 bits per heavy atom. The van der Waals surface area contributed by atoms with Gasteiger partial charge in [0.1, 0.15) is 6.10 Å². The van der Waals surface area contributed by atoms with Crippen molar-refractivity contribution in [2.45, 2.75) is 38.3 Å². The summed E-state index contributed by atoms with van der Waals surface area (Å²) in [5.74, 6) is 0.292. The van der Waals surface area contributed by atoms with E-state index in [0.717, 1.165) is 37.8 Å². The number of phenolic OH excluding ortho intramolecular Hbond substituents is 2. The van der Waals surface area contributed by atoms with Gasteiger partial charge in [-0.2, -0.15) is 0 Å². The van der Waals surface area contributed by atoms with Crippen LogP contribution in [0.5, 0.6) is 11.5 Å². The van der Waals surface area contributed by atoms with E-state index >= 15 is 0 Å². The average Bonchev–Trinajstić information content (AvgIpc) is 2.44. The predicted molar refractivity (Wildman–Crippen MR) is 76.3 cm³/mol. The molecule has 0 radical (unpaired) electrons. The molecule has 0 amide bonds. The van der Waals surface area contributed by atoms with Crippen LogP contribution in [0.3, 0.4) is 0 Å². The first-order chi connectivity index (χ1) is 10.0. The first-order valence-electron chi connectivity index (χ1n) is 7.15. The SMILES string of the molecule is O=C(O)OC1CCC(CNCc2ccc(O)c(O)c2)CC1. The third-order valence-corrected chi connectivity index (χ3v) is 3.86. The van der Waals surface area contributed by atoms with E-state index in [0.29, 0.717) is 12.5 Å². The zero-order valence-electron chi connectivity index (χ0n) is 11.8. The molecule has 6 nitrogen and oxygen atoms in total. The van der Waals surface area contributed by atoms with Crippen LogP contribution in [-0.2, 0) is 11.3 Å². The first kappa shape index (κ1) is 15.4. The van der Waals surface area contributed by atoms with Gasteiger partial charge in [0, 0.05) is 6.54 Å². The van der Waals surface area contributed by atoms with Crippen LogP contribution in [0.2, 0.25) is 0 Å². The Morgan fingerprint density at radius 2 is 1.90 bits per heavy atom. The molecule has 0 heterocycles. The van der Waals surface area contributed by atoms with Crippen molar-refractivity contribution in [1.29, 1.82) is 0 Å². The molecule has 1 aliphatic carbocycles. The maximum atomic E-state index is 10.5.